The molecule has 0 amide bonds. The summed E-state index contributed by atoms with van der Waals surface area (Å²) in [7, 11) is 0. The number of carbonyl (C=O) groups excluding carboxylic acids is 1. The van der Waals surface area contributed by atoms with Gasteiger partial charge in [0.25, 0.3) is 5.95 Å². The van der Waals surface area contributed by atoms with E-state index < -0.39 is 10.8 Å². The number of ketones is 1. The number of nitrogens with zero attached hydrogens (tertiary/aromatic N) is 1. The molecular weight excluding hydrogens is 342 g/mol. The monoisotopic (exact) mass is 355 g/mol. The van der Waals surface area contributed by atoms with Crippen LogP contribution in [0, 0.1) is 10.1 Å². The molecule has 0 aliphatic carbocycles. The van der Waals surface area contributed by atoms with Crippen LogP contribution in [-0.2, 0) is 14.3 Å². The predicted molar refractivity (Wildman–Crippen MR) is 78.4 cm³/mol. The number of ether oxygens (including phenoxy) is 2. The average molecular weight is 356 g/mol. The molecule has 21 heavy (non-hydrogen) atoms. The van der Waals surface area contributed by atoms with Crippen molar-refractivity contribution in [3.05, 3.63) is 55.9 Å². The first-order valence-corrected chi connectivity index (χ1v) is 7.22. The molecule has 112 valence electrons. The minimum Gasteiger partial charge on any atom is -0.465 e. The molecule has 0 saturated heterocycles. The molecule has 1 atom stereocenters. The van der Waals surface area contributed by atoms with E-state index in [9.17, 15) is 14.9 Å². The fraction of sp³-hybridized carbons (Fsp3) is 0.357. The third-order valence-corrected chi connectivity index (χ3v) is 3.61. The Morgan fingerprint density at radius 1 is 1.43 bits per heavy atom. The molecular formula is C14H14BrNO5. The standard InChI is InChI=1S/C14H14BrNO5/c1-2-20-14-13(12(17)8-21-14)11(7-16(18)19)9-3-5-10(15)6-4-9/h3-6,11H,2,7-8H2,1H3/t11-/m1/s1. The van der Waals surface area contributed by atoms with Gasteiger partial charge >= 0.3 is 0 Å². The Kier molecular flexibility index (Phi) is 4.95. The molecule has 2 rings (SSSR count). The second kappa shape index (κ2) is 6.71. The van der Waals surface area contributed by atoms with Crippen molar-refractivity contribution in [2.45, 2.75) is 12.8 Å². The molecule has 1 heterocycles. The van der Waals surface area contributed by atoms with Gasteiger partial charge in [-0.25, -0.2) is 0 Å². The summed E-state index contributed by atoms with van der Waals surface area (Å²) in [6.45, 7) is 1.58. The maximum absolute atomic E-state index is 12.0. The van der Waals surface area contributed by atoms with Gasteiger partial charge in [-0.3, -0.25) is 14.9 Å². The maximum atomic E-state index is 12.0. The first kappa shape index (κ1) is 15.5. The van der Waals surface area contributed by atoms with Gasteiger partial charge in [0.05, 0.1) is 18.1 Å². The summed E-state index contributed by atoms with van der Waals surface area (Å²) in [5.74, 6) is -0.838. The molecule has 1 aromatic rings. The van der Waals surface area contributed by atoms with Gasteiger partial charge in [0.2, 0.25) is 12.3 Å². The van der Waals surface area contributed by atoms with E-state index in [1.807, 2.05) is 0 Å². The zero-order valence-electron chi connectivity index (χ0n) is 11.4. The van der Waals surface area contributed by atoms with Gasteiger partial charge in [0, 0.05) is 9.40 Å². The van der Waals surface area contributed by atoms with Gasteiger partial charge < -0.3 is 9.47 Å². The molecule has 0 N–H and O–H groups in total. The first-order chi connectivity index (χ1) is 10.0. The number of nitro groups is 1. The van der Waals surface area contributed by atoms with E-state index in [0.717, 1.165) is 4.47 Å². The molecule has 0 aromatic heterocycles. The summed E-state index contributed by atoms with van der Waals surface area (Å²) in [5.41, 5.74) is 0.928. The predicted octanol–water partition coefficient (Wildman–Crippen LogP) is 2.66. The minimum atomic E-state index is -0.676. The highest BCUT2D eigenvalue weighted by atomic mass is 79.9. The molecule has 0 radical (unpaired) electrons. The summed E-state index contributed by atoms with van der Waals surface area (Å²) in [6.07, 6.45) is 0. The lowest BCUT2D eigenvalue weighted by atomic mass is 9.89. The molecule has 0 spiro atoms. The van der Waals surface area contributed by atoms with Crippen LogP contribution in [0.4, 0.5) is 0 Å². The van der Waals surface area contributed by atoms with Crippen LogP contribution >= 0.6 is 15.9 Å². The van der Waals surface area contributed by atoms with Crippen molar-refractivity contribution >= 4 is 21.7 Å². The fourth-order valence-corrected chi connectivity index (χ4v) is 2.46. The Morgan fingerprint density at radius 2 is 2.10 bits per heavy atom. The van der Waals surface area contributed by atoms with Crippen molar-refractivity contribution < 1.29 is 19.2 Å². The van der Waals surface area contributed by atoms with Gasteiger partial charge in [-0.05, 0) is 24.6 Å². The summed E-state index contributed by atoms with van der Waals surface area (Å²) in [5, 5.41) is 11.0. The Bertz CT molecular complexity index is 582. The molecule has 1 aliphatic rings. The van der Waals surface area contributed by atoms with E-state index in [4.69, 9.17) is 9.47 Å². The number of carbonyl (C=O) groups is 1. The fourth-order valence-electron chi connectivity index (χ4n) is 2.20. The van der Waals surface area contributed by atoms with Gasteiger partial charge in [0.1, 0.15) is 0 Å². The van der Waals surface area contributed by atoms with Gasteiger partial charge in [-0.2, -0.15) is 0 Å². The largest absolute Gasteiger partial charge is 0.465 e. The van der Waals surface area contributed by atoms with Crippen molar-refractivity contribution in [2.75, 3.05) is 19.8 Å². The first-order valence-electron chi connectivity index (χ1n) is 6.43. The lowest BCUT2D eigenvalue weighted by Crippen LogP contribution is -2.19. The topological polar surface area (TPSA) is 78.7 Å². The van der Waals surface area contributed by atoms with Crippen LogP contribution in [-0.4, -0.2) is 30.5 Å². The molecule has 6 nitrogen and oxygen atoms in total. The summed E-state index contributed by atoms with van der Waals surface area (Å²) in [4.78, 5) is 22.6. The molecule has 1 aliphatic heterocycles. The summed E-state index contributed by atoms with van der Waals surface area (Å²) in [6, 6.07) is 7.06. The number of hydrogen-bond donors (Lipinski definition) is 0. The number of hydrogen-bond acceptors (Lipinski definition) is 5. The molecule has 7 heteroatoms. The van der Waals surface area contributed by atoms with E-state index in [1.54, 1.807) is 31.2 Å². The zero-order chi connectivity index (χ0) is 15.4. The third-order valence-electron chi connectivity index (χ3n) is 3.08. The van der Waals surface area contributed by atoms with E-state index >= 15 is 0 Å². The van der Waals surface area contributed by atoms with E-state index in [0.29, 0.717) is 12.2 Å². The van der Waals surface area contributed by atoms with E-state index in [1.165, 1.54) is 0 Å². The Hall–Kier alpha value is -1.89. The van der Waals surface area contributed by atoms with Crippen LogP contribution in [0.25, 0.3) is 0 Å². The van der Waals surface area contributed by atoms with Crippen molar-refractivity contribution in [3.63, 3.8) is 0 Å². The van der Waals surface area contributed by atoms with Crippen LogP contribution in [0.1, 0.15) is 18.4 Å². The Morgan fingerprint density at radius 3 is 2.67 bits per heavy atom. The lowest BCUT2D eigenvalue weighted by molar-refractivity contribution is -0.481. The van der Waals surface area contributed by atoms with Crippen molar-refractivity contribution in [2.24, 2.45) is 0 Å². The minimum absolute atomic E-state index is 0.109. The maximum Gasteiger partial charge on any atom is 0.287 e. The highest BCUT2D eigenvalue weighted by Gasteiger charge is 2.36. The molecule has 1 aromatic carbocycles. The van der Waals surface area contributed by atoms with Crippen LogP contribution in [0.5, 0.6) is 0 Å². The second-order valence-corrected chi connectivity index (χ2v) is 5.38. The average Bonchev–Trinajstić information content (AvgIpc) is 2.79. The molecule has 0 saturated carbocycles. The van der Waals surface area contributed by atoms with Crippen molar-refractivity contribution in [1.82, 2.24) is 0 Å². The van der Waals surface area contributed by atoms with Crippen LogP contribution in [0.15, 0.2) is 40.3 Å². The summed E-state index contributed by atoms with van der Waals surface area (Å²) >= 11 is 3.32. The third kappa shape index (κ3) is 3.60. The summed E-state index contributed by atoms with van der Waals surface area (Å²) < 4.78 is 11.4. The molecule has 0 unspecified atom stereocenters. The Labute approximate surface area is 130 Å². The second-order valence-electron chi connectivity index (χ2n) is 4.47. The van der Waals surface area contributed by atoms with Crippen molar-refractivity contribution in [3.8, 4) is 0 Å². The van der Waals surface area contributed by atoms with E-state index in [-0.39, 0.29) is 30.5 Å². The van der Waals surface area contributed by atoms with Gasteiger partial charge in [-0.15, -0.1) is 0 Å². The smallest absolute Gasteiger partial charge is 0.287 e. The molecule has 0 fully saturated rings. The number of benzene rings is 1. The lowest BCUT2D eigenvalue weighted by Gasteiger charge is -2.14. The normalized spacial score (nSPS) is 15.8. The van der Waals surface area contributed by atoms with Gasteiger partial charge in [-0.1, -0.05) is 28.1 Å². The van der Waals surface area contributed by atoms with Gasteiger partial charge in [0.15, 0.2) is 6.61 Å². The molecule has 0 bridgehead atoms. The van der Waals surface area contributed by atoms with Crippen molar-refractivity contribution in [1.29, 1.82) is 0 Å². The van der Waals surface area contributed by atoms with Crippen LogP contribution in [0.2, 0.25) is 0 Å². The Balaban J connectivity index is 2.43. The SMILES string of the molecule is CCOC1=C([C@H](C[N+](=O)[O-])c2ccc(Br)cc2)C(=O)CO1. The highest BCUT2D eigenvalue weighted by molar-refractivity contribution is 9.10. The number of halogens is 1. The quantitative estimate of drug-likeness (QED) is 0.578. The zero-order valence-corrected chi connectivity index (χ0v) is 13.0. The van der Waals surface area contributed by atoms with Crippen LogP contribution in [0.3, 0.4) is 0 Å². The van der Waals surface area contributed by atoms with Crippen LogP contribution < -0.4 is 0 Å². The number of Topliss-reactive ketones (excluding diaryl/α,β-unsaturated/α-hetero) is 1. The number of rotatable bonds is 6. The van der Waals surface area contributed by atoms with E-state index in [2.05, 4.69) is 15.9 Å². The highest BCUT2D eigenvalue weighted by Crippen LogP contribution is 2.33.